The molecule has 0 unspecified atom stereocenters. The number of hydrogen-bond acceptors (Lipinski definition) is 6. The first-order valence-corrected chi connectivity index (χ1v) is 10.6. The lowest BCUT2D eigenvalue weighted by Gasteiger charge is -2.19. The number of aryl methyl sites for hydroxylation is 2. The highest BCUT2D eigenvalue weighted by Gasteiger charge is 2.21. The molecule has 0 radical (unpaired) electrons. The number of amides is 1. The number of primary amides is 1. The zero-order valence-electron chi connectivity index (χ0n) is 19.2. The number of aromatic amines is 1. The first-order valence-electron chi connectivity index (χ1n) is 10.6. The van der Waals surface area contributed by atoms with E-state index < -0.39 is 28.5 Å². The molecule has 0 spiro atoms. The van der Waals surface area contributed by atoms with E-state index in [1.807, 2.05) is 0 Å². The third kappa shape index (κ3) is 4.31. The summed E-state index contributed by atoms with van der Waals surface area (Å²) in [7, 11) is 1.45. The Hall–Kier alpha value is -4.67. The molecule has 4 rings (SSSR count). The lowest BCUT2D eigenvalue weighted by Crippen LogP contribution is -2.34. The molecule has 0 saturated carbocycles. The van der Waals surface area contributed by atoms with E-state index in [1.54, 1.807) is 37.3 Å². The summed E-state index contributed by atoms with van der Waals surface area (Å²) in [6, 6.07) is 11.0. The number of benzene rings is 2. The number of anilines is 3. The van der Waals surface area contributed by atoms with Crippen LogP contribution in [0.25, 0.3) is 16.6 Å². The van der Waals surface area contributed by atoms with Crippen LogP contribution >= 0.6 is 0 Å². The maximum atomic E-state index is 14.6. The van der Waals surface area contributed by atoms with Gasteiger partial charge in [0.25, 0.3) is 11.1 Å². The fraction of sp³-hybridized carbons (Fsp3) is 0.167. The standard InChI is InChI=1S/C24H23FN6O4/c1-12-7-8-17(16(25)9-12)28-21-19-20(13(2)23(34)30(21)3)31(24(35)29-22(19)33)15-6-4-5-14(10-15)27-11-18(26)32/h4-10,27-28H,11H2,1-3H3,(H2,26,32)(H,29,33,35). The van der Waals surface area contributed by atoms with Gasteiger partial charge in [0.1, 0.15) is 17.0 Å². The number of hydrogen-bond donors (Lipinski definition) is 4. The molecule has 0 aliphatic rings. The van der Waals surface area contributed by atoms with Crippen LogP contribution in [0.1, 0.15) is 11.1 Å². The lowest BCUT2D eigenvalue weighted by molar-refractivity contribution is -0.116. The van der Waals surface area contributed by atoms with E-state index in [4.69, 9.17) is 5.73 Å². The minimum Gasteiger partial charge on any atom is -0.376 e. The van der Waals surface area contributed by atoms with Crippen molar-refractivity contribution < 1.29 is 9.18 Å². The molecule has 0 atom stereocenters. The third-order valence-electron chi connectivity index (χ3n) is 5.61. The van der Waals surface area contributed by atoms with Crippen molar-refractivity contribution in [3.8, 4) is 5.69 Å². The van der Waals surface area contributed by atoms with E-state index in [0.717, 1.165) is 0 Å². The number of halogens is 1. The highest BCUT2D eigenvalue weighted by atomic mass is 19.1. The minimum absolute atomic E-state index is 0.000303. The number of fused-ring (bicyclic) bond motifs is 1. The van der Waals surface area contributed by atoms with Gasteiger partial charge < -0.3 is 16.4 Å². The average molecular weight is 478 g/mol. The predicted octanol–water partition coefficient (Wildman–Crippen LogP) is 1.77. The predicted molar refractivity (Wildman–Crippen MR) is 132 cm³/mol. The SMILES string of the molecule is Cc1ccc(Nc2c3c(=O)[nH]c(=O)n(-c4cccc(NCC(N)=O)c4)c3c(C)c(=O)n2C)c(F)c1. The molecule has 2 aromatic carbocycles. The number of carbonyl (C=O) groups is 1. The van der Waals surface area contributed by atoms with E-state index in [2.05, 4.69) is 15.6 Å². The van der Waals surface area contributed by atoms with Gasteiger partial charge in [-0.25, -0.2) is 9.18 Å². The summed E-state index contributed by atoms with van der Waals surface area (Å²) in [5, 5.41) is 5.69. The molecule has 0 aliphatic carbocycles. The van der Waals surface area contributed by atoms with E-state index in [0.29, 0.717) is 16.9 Å². The van der Waals surface area contributed by atoms with Crippen molar-refractivity contribution in [2.45, 2.75) is 13.8 Å². The molecular weight excluding hydrogens is 455 g/mol. The van der Waals surface area contributed by atoms with Crippen LogP contribution < -0.4 is 33.2 Å². The maximum Gasteiger partial charge on any atom is 0.333 e. The Balaban J connectivity index is 2.02. The molecule has 2 aromatic heterocycles. The Labute approximate surface area is 197 Å². The molecule has 5 N–H and O–H groups in total. The number of aromatic nitrogens is 3. The first kappa shape index (κ1) is 23.5. The Morgan fingerprint density at radius 2 is 1.86 bits per heavy atom. The molecule has 35 heavy (non-hydrogen) atoms. The molecule has 0 fully saturated rings. The first-order chi connectivity index (χ1) is 16.6. The van der Waals surface area contributed by atoms with Crippen LogP contribution in [0.3, 0.4) is 0 Å². The summed E-state index contributed by atoms with van der Waals surface area (Å²) in [6.07, 6.45) is 0. The molecule has 0 aliphatic heterocycles. The lowest BCUT2D eigenvalue weighted by atomic mass is 10.1. The number of nitrogens with zero attached hydrogens (tertiary/aromatic N) is 2. The van der Waals surface area contributed by atoms with E-state index >= 15 is 0 Å². The van der Waals surface area contributed by atoms with Crippen molar-refractivity contribution in [1.29, 1.82) is 0 Å². The summed E-state index contributed by atoms with van der Waals surface area (Å²) in [6.45, 7) is 3.12. The molecule has 10 nitrogen and oxygen atoms in total. The molecule has 1 amide bonds. The molecule has 180 valence electrons. The van der Waals surface area contributed by atoms with Crippen LogP contribution in [0.15, 0.2) is 56.8 Å². The monoisotopic (exact) mass is 478 g/mol. The van der Waals surface area contributed by atoms with Crippen LogP contribution in [0, 0.1) is 19.7 Å². The molecule has 0 bridgehead atoms. The minimum atomic E-state index is -0.765. The van der Waals surface area contributed by atoms with Gasteiger partial charge in [-0.15, -0.1) is 0 Å². The van der Waals surface area contributed by atoms with Gasteiger partial charge >= 0.3 is 5.69 Å². The van der Waals surface area contributed by atoms with Gasteiger partial charge in [0.05, 0.1) is 23.4 Å². The third-order valence-corrected chi connectivity index (χ3v) is 5.61. The second-order valence-electron chi connectivity index (χ2n) is 8.13. The van der Waals surface area contributed by atoms with Crippen molar-refractivity contribution in [3.05, 3.63) is 90.6 Å². The quantitative estimate of drug-likeness (QED) is 0.333. The average Bonchev–Trinajstić information content (AvgIpc) is 2.80. The van der Waals surface area contributed by atoms with Crippen LogP contribution in [-0.2, 0) is 11.8 Å². The molecule has 11 heteroatoms. The topological polar surface area (TPSA) is 144 Å². The molecular formula is C24H23FN6O4. The fourth-order valence-electron chi connectivity index (χ4n) is 3.92. The Kier molecular flexibility index (Phi) is 6.00. The second kappa shape index (κ2) is 8.93. The number of H-pyrrole nitrogens is 1. The Morgan fingerprint density at radius 1 is 1.11 bits per heavy atom. The number of carbonyl (C=O) groups excluding carboxylic acids is 1. The zero-order chi connectivity index (χ0) is 25.4. The zero-order valence-corrected chi connectivity index (χ0v) is 19.2. The maximum absolute atomic E-state index is 14.6. The van der Waals surface area contributed by atoms with Gasteiger partial charge in [-0.1, -0.05) is 12.1 Å². The molecule has 2 heterocycles. The van der Waals surface area contributed by atoms with Crippen molar-refractivity contribution in [3.63, 3.8) is 0 Å². The van der Waals surface area contributed by atoms with Gasteiger partial charge in [0, 0.05) is 18.3 Å². The smallest absolute Gasteiger partial charge is 0.333 e. The van der Waals surface area contributed by atoms with E-state index in [-0.39, 0.29) is 34.5 Å². The van der Waals surface area contributed by atoms with Crippen molar-refractivity contribution >= 4 is 34.0 Å². The molecule has 4 aromatic rings. The number of nitrogens with one attached hydrogen (secondary N) is 3. The Morgan fingerprint density at radius 3 is 2.54 bits per heavy atom. The van der Waals surface area contributed by atoms with Gasteiger partial charge in [-0.3, -0.25) is 28.5 Å². The van der Waals surface area contributed by atoms with E-state index in [1.165, 1.54) is 35.2 Å². The summed E-state index contributed by atoms with van der Waals surface area (Å²) in [5.74, 6) is -1.11. The van der Waals surface area contributed by atoms with E-state index in [9.17, 15) is 23.6 Å². The van der Waals surface area contributed by atoms with Gasteiger partial charge in [-0.05, 0) is 49.7 Å². The van der Waals surface area contributed by atoms with Crippen molar-refractivity contribution in [2.24, 2.45) is 12.8 Å². The summed E-state index contributed by atoms with van der Waals surface area (Å²) < 4.78 is 17.0. The van der Waals surface area contributed by atoms with Gasteiger partial charge in [0.15, 0.2) is 0 Å². The fourth-order valence-corrected chi connectivity index (χ4v) is 3.92. The largest absolute Gasteiger partial charge is 0.376 e. The number of nitrogens with two attached hydrogens (primary N) is 1. The summed E-state index contributed by atoms with van der Waals surface area (Å²) >= 11 is 0. The highest BCUT2D eigenvalue weighted by molar-refractivity contribution is 5.93. The summed E-state index contributed by atoms with van der Waals surface area (Å²) in [4.78, 5) is 52.5. The number of rotatable bonds is 6. The summed E-state index contributed by atoms with van der Waals surface area (Å²) in [5.41, 5.74) is 5.01. The van der Waals surface area contributed by atoms with Crippen molar-refractivity contribution in [2.75, 3.05) is 17.2 Å². The van der Waals surface area contributed by atoms with Crippen LogP contribution in [0.4, 0.5) is 21.6 Å². The highest BCUT2D eigenvalue weighted by Crippen LogP contribution is 2.27. The molecule has 0 saturated heterocycles. The van der Waals surface area contributed by atoms with Crippen LogP contribution in [0.5, 0.6) is 0 Å². The Bertz CT molecular complexity index is 1670. The van der Waals surface area contributed by atoms with Crippen LogP contribution in [0.2, 0.25) is 0 Å². The second-order valence-corrected chi connectivity index (χ2v) is 8.13. The van der Waals surface area contributed by atoms with Crippen LogP contribution in [-0.4, -0.2) is 26.6 Å². The van der Waals surface area contributed by atoms with Gasteiger partial charge in [0.2, 0.25) is 5.91 Å². The normalized spacial score (nSPS) is 11.0. The van der Waals surface area contributed by atoms with Crippen molar-refractivity contribution in [1.82, 2.24) is 14.1 Å². The number of pyridine rings is 1. The van der Waals surface area contributed by atoms with Gasteiger partial charge in [-0.2, -0.15) is 0 Å².